The van der Waals surface area contributed by atoms with Crippen molar-refractivity contribution in [3.05, 3.63) is 54.0 Å². The highest BCUT2D eigenvalue weighted by atomic mass is 19.4. The molecule has 1 N–H and O–H groups in total. The van der Waals surface area contributed by atoms with Crippen molar-refractivity contribution in [3.8, 4) is 11.1 Å². The molecular weight excluding hydrogens is 331 g/mol. The molecular formula is C18H14F3N3O. The molecule has 0 saturated carbocycles. The average Bonchev–Trinajstić information content (AvgIpc) is 2.53. The fourth-order valence-corrected chi connectivity index (χ4v) is 2.77. The molecule has 0 fully saturated rings. The quantitative estimate of drug-likeness (QED) is 0.718. The van der Waals surface area contributed by atoms with Gasteiger partial charge in [0.1, 0.15) is 5.82 Å². The van der Waals surface area contributed by atoms with Gasteiger partial charge in [-0.25, -0.2) is 4.98 Å². The number of anilines is 1. The Kier molecular flexibility index (Phi) is 4.39. The molecule has 0 bridgehead atoms. The summed E-state index contributed by atoms with van der Waals surface area (Å²) in [7, 11) is 0. The largest absolute Gasteiger partial charge is 0.394 e. The molecule has 25 heavy (non-hydrogen) atoms. The first kappa shape index (κ1) is 16.9. The second-order valence-corrected chi connectivity index (χ2v) is 5.64. The lowest BCUT2D eigenvalue weighted by molar-refractivity contribution is -0.127. The Hall–Kier alpha value is -2.96. The van der Waals surface area contributed by atoms with E-state index in [4.69, 9.17) is 0 Å². The van der Waals surface area contributed by atoms with Gasteiger partial charge >= 0.3 is 6.18 Å². The smallest absolute Gasteiger partial charge is 0.313 e. The van der Waals surface area contributed by atoms with Crippen LogP contribution in [-0.2, 0) is 11.2 Å². The Morgan fingerprint density at radius 2 is 1.92 bits per heavy atom. The number of amides is 1. The van der Waals surface area contributed by atoms with Crippen molar-refractivity contribution in [3.63, 3.8) is 0 Å². The summed E-state index contributed by atoms with van der Waals surface area (Å²) in [5.41, 5.74) is 1.85. The standard InChI is InChI=1S/C18H14F3N3O/c1-11-4-5-22-15(8-18(19,20)21)17(11)13-3-2-12-7-16(24-10-25)23-9-14(12)6-13/h2-7,9-10H,8H2,1H3,(H,23,24,25). The van der Waals surface area contributed by atoms with Crippen molar-refractivity contribution < 1.29 is 18.0 Å². The van der Waals surface area contributed by atoms with Crippen LogP contribution in [0.1, 0.15) is 11.3 Å². The Labute approximate surface area is 141 Å². The predicted molar refractivity (Wildman–Crippen MR) is 89.2 cm³/mol. The molecule has 0 radical (unpaired) electrons. The molecule has 0 saturated heterocycles. The maximum absolute atomic E-state index is 12.9. The highest BCUT2D eigenvalue weighted by Crippen LogP contribution is 2.32. The molecule has 7 heteroatoms. The number of nitrogens with one attached hydrogen (secondary N) is 1. The van der Waals surface area contributed by atoms with Gasteiger partial charge in [-0.1, -0.05) is 12.1 Å². The van der Waals surface area contributed by atoms with Crippen LogP contribution >= 0.6 is 0 Å². The van der Waals surface area contributed by atoms with Gasteiger partial charge in [-0.05, 0) is 41.6 Å². The minimum atomic E-state index is -4.33. The number of rotatable bonds is 4. The van der Waals surface area contributed by atoms with Crippen LogP contribution in [0, 0.1) is 6.92 Å². The summed E-state index contributed by atoms with van der Waals surface area (Å²) < 4.78 is 38.6. The number of aromatic nitrogens is 2. The molecule has 0 aliphatic rings. The number of pyridine rings is 2. The first-order valence-electron chi connectivity index (χ1n) is 7.49. The topological polar surface area (TPSA) is 54.9 Å². The molecule has 0 unspecified atom stereocenters. The Balaban J connectivity index is 2.10. The maximum Gasteiger partial charge on any atom is 0.394 e. The number of halogens is 3. The third kappa shape index (κ3) is 3.76. The van der Waals surface area contributed by atoms with Gasteiger partial charge in [-0.2, -0.15) is 13.2 Å². The van der Waals surface area contributed by atoms with Crippen LogP contribution in [0.3, 0.4) is 0 Å². The monoisotopic (exact) mass is 345 g/mol. The molecule has 1 aromatic carbocycles. The summed E-state index contributed by atoms with van der Waals surface area (Å²) in [6.45, 7) is 1.76. The summed E-state index contributed by atoms with van der Waals surface area (Å²) in [6.07, 6.45) is -1.92. The van der Waals surface area contributed by atoms with Gasteiger partial charge < -0.3 is 5.32 Å². The summed E-state index contributed by atoms with van der Waals surface area (Å²) in [6, 6.07) is 8.69. The number of carbonyl (C=O) groups excluding carboxylic acids is 1. The number of benzene rings is 1. The van der Waals surface area contributed by atoms with Crippen LogP contribution in [0.2, 0.25) is 0 Å². The van der Waals surface area contributed by atoms with E-state index in [1.807, 2.05) is 0 Å². The first-order chi connectivity index (χ1) is 11.9. The highest BCUT2D eigenvalue weighted by Gasteiger charge is 2.30. The Morgan fingerprint density at radius 1 is 1.12 bits per heavy atom. The zero-order valence-electron chi connectivity index (χ0n) is 13.3. The fourth-order valence-electron chi connectivity index (χ4n) is 2.77. The van der Waals surface area contributed by atoms with Gasteiger partial charge in [0.2, 0.25) is 6.41 Å². The van der Waals surface area contributed by atoms with Gasteiger partial charge in [0, 0.05) is 23.3 Å². The van der Waals surface area contributed by atoms with E-state index in [0.717, 1.165) is 16.3 Å². The summed E-state index contributed by atoms with van der Waals surface area (Å²) in [5.74, 6) is 0.408. The second kappa shape index (κ2) is 6.51. The van der Waals surface area contributed by atoms with E-state index >= 15 is 0 Å². The van der Waals surface area contributed by atoms with E-state index < -0.39 is 12.6 Å². The third-order valence-electron chi connectivity index (χ3n) is 3.82. The van der Waals surface area contributed by atoms with Gasteiger partial charge in [-0.15, -0.1) is 0 Å². The molecule has 1 amide bonds. The van der Waals surface area contributed by atoms with Crippen molar-refractivity contribution in [2.45, 2.75) is 19.5 Å². The van der Waals surface area contributed by atoms with E-state index in [-0.39, 0.29) is 5.69 Å². The molecule has 0 aliphatic carbocycles. The molecule has 0 atom stereocenters. The van der Waals surface area contributed by atoms with Crippen molar-refractivity contribution >= 4 is 23.0 Å². The molecule has 3 aromatic rings. The number of fused-ring (bicyclic) bond motifs is 1. The van der Waals surface area contributed by atoms with E-state index in [9.17, 15) is 18.0 Å². The fraction of sp³-hybridized carbons (Fsp3) is 0.167. The first-order valence-corrected chi connectivity index (χ1v) is 7.49. The maximum atomic E-state index is 12.9. The zero-order chi connectivity index (χ0) is 18.0. The number of carbonyl (C=O) groups is 1. The summed E-state index contributed by atoms with van der Waals surface area (Å²) in [5, 5.41) is 4.04. The average molecular weight is 345 g/mol. The van der Waals surface area contributed by atoms with E-state index in [1.54, 1.807) is 43.5 Å². The predicted octanol–water partition coefficient (Wildman–Crippen LogP) is 4.28. The van der Waals surface area contributed by atoms with Crippen LogP contribution in [-0.4, -0.2) is 22.6 Å². The van der Waals surface area contributed by atoms with Crippen LogP contribution < -0.4 is 5.32 Å². The van der Waals surface area contributed by atoms with Crippen molar-refractivity contribution in [1.29, 1.82) is 0 Å². The van der Waals surface area contributed by atoms with Gasteiger partial charge in [0.15, 0.2) is 0 Å². The molecule has 128 valence electrons. The summed E-state index contributed by atoms with van der Waals surface area (Å²) >= 11 is 0. The van der Waals surface area contributed by atoms with Crippen molar-refractivity contribution in [2.24, 2.45) is 0 Å². The number of alkyl halides is 3. The van der Waals surface area contributed by atoms with Gasteiger partial charge in [0.05, 0.1) is 12.1 Å². The molecule has 2 aromatic heterocycles. The molecule has 3 rings (SSSR count). The number of hydrogen-bond acceptors (Lipinski definition) is 3. The van der Waals surface area contributed by atoms with Crippen LogP contribution in [0.15, 0.2) is 42.7 Å². The van der Waals surface area contributed by atoms with E-state index in [0.29, 0.717) is 23.4 Å². The molecule has 0 spiro atoms. The third-order valence-corrected chi connectivity index (χ3v) is 3.82. The van der Waals surface area contributed by atoms with E-state index in [2.05, 4.69) is 15.3 Å². The zero-order valence-corrected chi connectivity index (χ0v) is 13.3. The van der Waals surface area contributed by atoms with E-state index in [1.165, 1.54) is 6.20 Å². The van der Waals surface area contributed by atoms with Gasteiger partial charge in [-0.3, -0.25) is 9.78 Å². The van der Waals surface area contributed by atoms with Crippen molar-refractivity contribution in [1.82, 2.24) is 9.97 Å². The Morgan fingerprint density at radius 3 is 2.64 bits per heavy atom. The van der Waals surface area contributed by atoms with Crippen LogP contribution in [0.25, 0.3) is 21.9 Å². The lowest BCUT2D eigenvalue weighted by Crippen LogP contribution is -2.14. The molecule has 0 aliphatic heterocycles. The molecule has 4 nitrogen and oxygen atoms in total. The minimum absolute atomic E-state index is 0.000879. The lowest BCUT2D eigenvalue weighted by atomic mass is 9.96. The second-order valence-electron chi connectivity index (χ2n) is 5.64. The molecule has 2 heterocycles. The minimum Gasteiger partial charge on any atom is -0.313 e. The number of nitrogens with zero attached hydrogens (tertiary/aromatic N) is 2. The normalized spacial score (nSPS) is 11.5. The van der Waals surface area contributed by atoms with Crippen molar-refractivity contribution in [2.75, 3.05) is 5.32 Å². The Bertz CT molecular complexity index is 938. The lowest BCUT2D eigenvalue weighted by Gasteiger charge is -2.14. The van der Waals surface area contributed by atoms with Crippen LogP contribution in [0.5, 0.6) is 0 Å². The number of aryl methyl sites for hydroxylation is 1. The SMILES string of the molecule is Cc1ccnc(CC(F)(F)F)c1-c1ccc2cc(NC=O)ncc2c1. The van der Waals surface area contributed by atoms with Crippen LogP contribution in [0.4, 0.5) is 19.0 Å². The summed E-state index contributed by atoms with van der Waals surface area (Å²) in [4.78, 5) is 18.5. The highest BCUT2D eigenvalue weighted by molar-refractivity contribution is 5.90. The van der Waals surface area contributed by atoms with Gasteiger partial charge in [0.25, 0.3) is 0 Å². The number of hydrogen-bond donors (Lipinski definition) is 1.